The molecule has 3 aromatic carbocycles. The number of para-hydroxylation sites is 1. The SMILES string of the molecule is Cc1c(C(C)(C)CC(O)(Cc2cc3ccccc3[nH]2)C(F)(F)F)ccc2ccccc12. The molecule has 0 saturated heterocycles. The van der Waals surface area contributed by atoms with E-state index >= 15 is 0 Å². The van der Waals surface area contributed by atoms with Crippen LogP contribution < -0.4 is 0 Å². The predicted octanol–water partition coefficient (Wildman–Crippen LogP) is 6.83. The molecule has 1 aromatic heterocycles. The van der Waals surface area contributed by atoms with E-state index in [4.69, 9.17) is 0 Å². The van der Waals surface area contributed by atoms with Gasteiger partial charge in [-0.2, -0.15) is 13.2 Å². The van der Waals surface area contributed by atoms with E-state index in [1.807, 2.05) is 67.6 Å². The zero-order chi connectivity index (χ0) is 22.4. The second-order valence-electron chi connectivity index (χ2n) is 9.11. The average molecular weight is 425 g/mol. The molecule has 0 bridgehead atoms. The summed E-state index contributed by atoms with van der Waals surface area (Å²) in [4.78, 5) is 3.02. The fraction of sp³-hybridized carbons (Fsp3) is 0.308. The Balaban J connectivity index is 1.72. The van der Waals surface area contributed by atoms with Crippen LogP contribution in [-0.4, -0.2) is 21.9 Å². The fourth-order valence-electron chi connectivity index (χ4n) is 4.79. The van der Waals surface area contributed by atoms with Crippen molar-refractivity contribution in [3.63, 3.8) is 0 Å². The minimum absolute atomic E-state index is 0.368. The number of hydrogen-bond donors (Lipinski definition) is 2. The molecule has 0 fully saturated rings. The summed E-state index contributed by atoms with van der Waals surface area (Å²) in [5, 5.41) is 13.9. The number of aromatic nitrogens is 1. The predicted molar refractivity (Wildman–Crippen MR) is 119 cm³/mol. The van der Waals surface area contributed by atoms with Gasteiger partial charge in [-0.3, -0.25) is 0 Å². The first-order valence-corrected chi connectivity index (χ1v) is 10.3. The van der Waals surface area contributed by atoms with Crippen molar-refractivity contribution >= 4 is 21.7 Å². The Hall–Kier alpha value is -2.79. The third kappa shape index (κ3) is 3.94. The number of alkyl halides is 3. The molecule has 1 unspecified atom stereocenters. The lowest BCUT2D eigenvalue weighted by molar-refractivity contribution is -0.266. The van der Waals surface area contributed by atoms with Crippen LogP contribution in [0, 0.1) is 6.92 Å². The molecule has 0 aliphatic rings. The lowest BCUT2D eigenvalue weighted by Gasteiger charge is -2.38. The first kappa shape index (κ1) is 21.4. The van der Waals surface area contributed by atoms with Crippen molar-refractivity contribution in [3.8, 4) is 0 Å². The summed E-state index contributed by atoms with van der Waals surface area (Å²) in [6.45, 7) is 5.47. The van der Waals surface area contributed by atoms with Crippen molar-refractivity contribution in [2.75, 3.05) is 0 Å². The zero-order valence-electron chi connectivity index (χ0n) is 17.8. The van der Waals surface area contributed by atoms with Crippen LogP contribution in [0.15, 0.2) is 66.7 Å². The van der Waals surface area contributed by atoms with Gasteiger partial charge >= 0.3 is 6.18 Å². The van der Waals surface area contributed by atoms with Gasteiger partial charge in [0.05, 0.1) is 0 Å². The quantitative estimate of drug-likeness (QED) is 0.361. The number of benzene rings is 3. The highest BCUT2D eigenvalue weighted by Crippen LogP contribution is 2.44. The summed E-state index contributed by atoms with van der Waals surface area (Å²) in [6, 6.07) is 20.6. The summed E-state index contributed by atoms with van der Waals surface area (Å²) >= 11 is 0. The van der Waals surface area contributed by atoms with Crippen LogP contribution in [0.25, 0.3) is 21.7 Å². The Morgan fingerprint density at radius 3 is 2.19 bits per heavy atom. The minimum Gasteiger partial charge on any atom is -0.380 e. The topological polar surface area (TPSA) is 36.0 Å². The summed E-state index contributed by atoms with van der Waals surface area (Å²) < 4.78 is 42.5. The van der Waals surface area contributed by atoms with E-state index in [1.165, 1.54) is 0 Å². The minimum atomic E-state index is -4.77. The van der Waals surface area contributed by atoms with Crippen molar-refractivity contribution in [2.45, 2.75) is 50.8 Å². The summed E-state index contributed by atoms with van der Waals surface area (Å²) in [7, 11) is 0. The Morgan fingerprint density at radius 1 is 0.871 bits per heavy atom. The summed E-state index contributed by atoms with van der Waals surface area (Å²) in [6.07, 6.45) is -5.74. The van der Waals surface area contributed by atoms with E-state index in [0.29, 0.717) is 5.69 Å². The van der Waals surface area contributed by atoms with E-state index < -0.39 is 30.0 Å². The van der Waals surface area contributed by atoms with Gasteiger partial charge in [-0.15, -0.1) is 0 Å². The Labute approximate surface area is 179 Å². The van der Waals surface area contributed by atoms with Crippen LogP contribution in [0.3, 0.4) is 0 Å². The number of aromatic amines is 1. The van der Waals surface area contributed by atoms with E-state index in [1.54, 1.807) is 19.9 Å². The first-order chi connectivity index (χ1) is 14.5. The second kappa shape index (κ2) is 7.41. The number of nitrogens with one attached hydrogen (secondary N) is 1. The molecule has 5 heteroatoms. The normalized spacial score (nSPS) is 14.8. The van der Waals surface area contributed by atoms with Crippen molar-refractivity contribution in [2.24, 2.45) is 0 Å². The van der Waals surface area contributed by atoms with Gasteiger partial charge in [0.25, 0.3) is 0 Å². The van der Waals surface area contributed by atoms with Gasteiger partial charge in [-0.25, -0.2) is 0 Å². The molecule has 2 nitrogen and oxygen atoms in total. The molecular weight excluding hydrogens is 399 g/mol. The monoisotopic (exact) mass is 425 g/mol. The highest BCUT2D eigenvalue weighted by atomic mass is 19.4. The standard InChI is InChI=1S/C26H26F3NO/c1-17-21-10-6-4-8-18(21)12-13-22(17)24(2,3)16-25(31,26(27,28)29)15-20-14-19-9-5-7-11-23(19)30-20/h4-14,30-31H,15-16H2,1-3H3. The third-order valence-corrected chi connectivity index (χ3v) is 6.26. The molecule has 4 rings (SSSR count). The lowest BCUT2D eigenvalue weighted by atomic mass is 9.71. The van der Waals surface area contributed by atoms with Gasteiger partial charge in [0.1, 0.15) is 0 Å². The molecule has 1 heterocycles. The van der Waals surface area contributed by atoms with Gasteiger partial charge in [0, 0.05) is 17.6 Å². The Morgan fingerprint density at radius 2 is 1.52 bits per heavy atom. The molecule has 0 amide bonds. The first-order valence-electron chi connectivity index (χ1n) is 10.3. The number of aryl methyl sites for hydroxylation is 1. The van der Waals surface area contributed by atoms with Crippen LogP contribution in [-0.2, 0) is 11.8 Å². The summed E-state index contributed by atoms with van der Waals surface area (Å²) in [5.74, 6) is 0. The molecule has 31 heavy (non-hydrogen) atoms. The second-order valence-corrected chi connectivity index (χ2v) is 9.11. The lowest BCUT2D eigenvalue weighted by Crippen LogP contribution is -2.51. The fourth-order valence-corrected chi connectivity index (χ4v) is 4.79. The van der Waals surface area contributed by atoms with Crippen molar-refractivity contribution in [1.82, 2.24) is 4.98 Å². The molecule has 0 saturated carbocycles. The van der Waals surface area contributed by atoms with Crippen molar-refractivity contribution in [3.05, 3.63) is 83.6 Å². The maximum absolute atomic E-state index is 14.2. The molecule has 0 aliphatic carbocycles. The number of rotatable bonds is 5. The largest absolute Gasteiger partial charge is 0.417 e. The molecule has 0 spiro atoms. The van der Waals surface area contributed by atoms with E-state index in [2.05, 4.69) is 4.98 Å². The molecule has 0 radical (unpaired) electrons. The Kier molecular flexibility index (Phi) is 5.13. The van der Waals surface area contributed by atoms with E-state index in [9.17, 15) is 18.3 Å². The van der Waals surface area contributed by atoms with Crippen LogP contribution in [0.5, 0.6) is 0 Å². The highest BCUT2D eigenvalue weighted by Gasteiger charge is 2.56. The molecular formula is C26H26F3NO. The van der Waals surface area contributed by atoms with E-state index in [-0.39, 0.29) is 0 Å². The van der Waals surface area contributed by atoms with Gasteiger partial charge in [0.2, 0.25) is 0 Å². The van der Waals surface area contributed by atoms with Gasteiger partial charge in [-0.05, 0) is 58.2 Å². The molecule has 4 aromatic rings. The van der Waals surface area contributed by atoms with E-state index in [0.717, 1.165) is 32.8 Å². The number of fused-ring (bicyclic) bond motifs is 2. The zero-order valence-corrected chi connectivity index (χ0v) is 17.8. The molecule has 2 N–H and O–H groups in total. The maximum atomic E-state index is 14.2. The number of H-pyrrole nitrogens is 1. The van der Waals surface area contributed by atoms with Gasteiger partial charge < -0.3 is 10.1 Å². The van der Waals surface area contributed by atoms with Crippen LogP contribution in [0.4, 0.5) is 13.2 Å². The number of hydrogen-bond acceptors (Lipinski definition) is 1. The average Bonchev–Trinajstić information content (AvgIpc) is 3.08. The van der Waals surface area contributed by atoms with Gasteiger partial charge in [-0.1, -0.05) is 68.4 Å². The summed E-state index contributed by atoms with van der Waals surface area (Å²) in [5.41, 5.74) is -0.887. The van der Waals surface area contributed by atoms with Crippen LogP contribution >= 0.6 is 0 Å². The smallest absolute Gasteiger partial charge is 0.380 e. The molecule has 1 atom stereocenters. The Bertz CT molecular complexity index is 1210. The third-order valence-electron chi connectivity index (χ3n) is 6.26. The van der Waals surface area contributed by atoms with Crippen LogP contribution in [0.1, 0.15) is 37.1 Å². The highest BCUT2D eigenvalue weighted by molar-refractivity contribution is 5.87. The van der Waals surface area contributed by atoms with Crippen molar-refractivity contribution in [1.29, 1.82) is 0 Å². The maximum Gasteiger partial charge on any atom is 0.417 e. The van der Waals surface area contributed by atoms with Crippen LogP contribution in [0.2, 0.25) is 0 Å². The molecule has 162 valence electrons. The van der Waals surface area contributed by atoms with Gasteiger partial charge in [0.15, 0.2) is 5.60 Å². The number of halogens is 3. The number of aliphatic hydroxyl groups is 1. The molecule has 0 aliphatic heterocycles. The van der Waals surface area contributed by atoms with Crippen molar-refractivity contribution < 1.29 is 18.3 Å².